The van der Waals surface area contributed by atoms with E-state index in [-0.39, 0.29) is 62.7 Å². The Morgan fingerprint density at radius 3 is 2.33 bits per heavy atom. The van der Waals surface area contributed by atoms with Crippen LogP contribution in [-0.2, 0) is 6.32 Å². The molecule has 1 rings (SSSR count). The Kier molecular flexibility index (Phi) is 6.43. The van der Waals surface area contributed by atoms with Crippen LogP contribution in [0.3, 0.4) is 0 Å². The van der Waals surface area contributed by atoms with Gasteiger partial charge < -0.3 is 17.7 Å². The van der Waals surface area contributed by atoms with Gasteiger partial charge in [-0.2, -0.15) is 0 Å². The van der Waals surface area contributed by atoms with Crippen molar-refractivity contribution in [2.24, 2.45) is 0 Å². The summed E-state index contributed by atoms with van der Waals surface area (Å²) in [4.78, 5) is 0. The van der Waals surface area contributed by atoms with Crippen LogP contribution >= 0.6 is 0 Å². The van der Waals surface area contributed by atoms with E-state index in [4.69, 9.17) is 4.74 Å². The number of hydrogen-bond acceptors (Lipinski definition) is 1. The fraction of sp³-hybridized carbons (Fsp3) is 0.250. The largest absolute Gasteiger partial charge is 1.00 e. The first-order chi connectivity index (χ1) is 6.42. The van der Waals surface area contributed by atoms with Crippen LogP contribution in [0.5, 0.6) is 5.75 Å². The summed E-state index contributed by atoms with van der Waals surface area (Å²) >= 11 is 0. The monoisotopic (exact) mass is 246 g/mol. The van der Waals surface area contributed by atoms with Crippen LogP contribution < -0.4 is 56.1 Å². The molecule has 7 heteroatoms. The van der Waals surface area contributed by atoms with Gasteiger partial charge in [-0.05, 0) is 23.8 Å². The van der Waals surface area contributed by atoms with E-state index >= 15 is 0 Å². The van der Waals surface area contributed by atoms with Crippen molar-refractivity contribution in [3.8, 4) is 5.75 Å². The summed E-state index contributed by atoms with van der Waals surface area (Å²) in [6.45, 7) is -5.02. The third-order valence-electron chi connectivity index (χ3n) is 1.70. The fourth-order valence-electron chi connectivity index (χ4n) is 1.08. The summed E-state index contributed by atoms with van der Waals surface area (Å²) in [6, 6.07) is 3.31. The van der Waals surface area contributed by atoms with Gasteiger partial charge in [0.25, 0.3) is 0 Å². The van der Waals surface area contributed by atoms with E-state index in [1.165, 1.54) is 13.2 Å². The topological polar surface area (TPSA) is 9.23 Å². The molecule has 1 nitrogen and oxygen atoms in total. The SMILES string of the molecule is COc1ccc(F)c(C[B-](F)(F)F)c1.[K+]. The zero-order chi connectivity index (χ0) is 10.8. The van der Waals surface area contributed by atoms with E-state index in [2.05, 4.69) is 0 Å². The predicted molar refractivity (Wildman–Crippen MR) is 45.7 cm³/mol. The first-order valence-corrected chi connectivity index (χ1v) is 3.96. The molecule has 0 unspecified atom stereocenters. The van der Waals surface area contributed by atoms with Crippen LogP contribution in [0.25, 0.3) is 0 Å². The van der Waals surface area contributed by atoms with E-state index in [0.29, 0.717) is 0 Å². The van der Waals surface area contributed by atoms with Crippen molar-refractivity contribution in [1.29, 1.82) is 0 Å². The number of rotatable bonds is 3. The molecule has 0 heterocycles. The van der Waals surface area contributed by atoms with Crippen LogP contribution in [0.15, 0.2) is 18.2 Å². The summed E-state index contributed by atoms with van der Waals surface area (Å²) in [7, 11) is 1.32. The number of methoxy groups -OCH3 is 1. The minimum absolute atomic E-state index is 0. The van der Waals surface area contributed by atoms with Gasteiger partial charge in [0, 0.05) is 0 Å². The normalized spacial score (nSPS) is 10.7. The minimum Gasteiger partial charge on any atom is -0.497 e. The molecule has 0 bridgehead atoms. The molecule has 0 atom stereocenters. The van der Waals surface area contributed by atoms with Crippen molar-refractivity contribution in [2.45, 2.75) is 6.32 Å². The second-order valence-corrected chi connectivity index (χ2v) is 2.87. The third kappa shape index (κ3) is 5.35. The Hall–Kier alpha value is 0.441. The fourth-order valence-corrected chi connectivity index (χ4v) is 1.08. The van der Waals surface area contributed by atoms with E-state index < -0.39 is 19.1 Å². The maximum absolute atomic E-state index is 12.9. The van der Waals surface area contributed by atoms with Crippen LogP contribution in [0.4, 0.5) is 17.3 Å². The number of halogens is 4. The van der Waals surface area contributed by atoms with Gasteiger partial charge in [-0.1, -0.05) is 6.32 Å². The van der Waals surface area contributed by atoms with Crippen LogP contribution in [0.2, 0.25) is 0 Å². The third-order valence-corrected chi connectivity index (χ3v) is 1.70. The molecule has 0 saturated heterocycles. The molecule has 0 spiro atoms. The van der Waals surface area contributed by atoms with Crippen molar-refractivity contribution in [3.63, 3.8) is 0 Å². The first kappa shape index (κ1) is 15.4. The molecule has 0 N–H and O–H groups in total. The Balaban J connectivity index is 0.00000196. The molecular weight excluding hydrogens is 238 g/mol. The summed E-state index contributed by atoms with van der Waals surface area (Å²) in [5.41, 5.74) is -0.378. The quantitative estimate of drug-likeness (QED) is 0.528. The zero-order valence-electron chi connectivity index (χ0n) is 8.44. The molecule has 1 aromatic rings. The molecular formula is C8H8BF4KO. The predicted octanol–water partition coefficient (Wildman–Crippen LogP) is -0.233. The molecule has 0 aromatic heterocycles. The number of benzene rings is 1. The van der Waals surface area contributed by atoms with E-state index in [1.54, 1.807) is 0 Å². The van der Waals surface area contributed by atoms with Gasteiger partial charge in [-0.15, -0.1) is 0 Å². The minimum atomic E-state index is -5.02. The van der Waals surface area contributed by atoms with Gasteiger partial charge >= 0.3 is 58.4 Å². The maximum Gasteiger partial charge on any atom is 1.00 e. The van der Waals surface area contributed by atoms with Crippen LogP contribution in [0.1, 0.15) is 5.56 Å². The molecule has 0 aliphatic heterocycles. The van der Waals surface area contributed by atoms with E-state index in [0.717, 1.165) is 12.1 Å². The standard InChI is InChI=1S/C8H8BF4O.K/c1-14-7-2-3-8(10)6(4-7)5-9(11,12)13;/h2-4H,5H2,1H3;/q-1;+1. The smallest absolute Gasteiger partial charge is 0.497 e. The first-order valence-electron chi connectivity index (χ1n) is 3.96. The molecule has 15 heavy (non-hydrogen) atoms. The van der Waals surface area contributed by atoms with E-state index in [9.17, 15) is 17.3 Å². The van der Waals surface area contributed by atoms with Crippen LogP contribution in [0, 0.1) is 5.82 Å². The van der Waals surface area contributed by atoms with Crippen molar-refractivity contribution in [2.75, 3.05) is 7.11 Å². The molecule has 0 aliphatic carbocycles. The summed E-state index contributed by atoms with van der Waals surface area (Å²) in [5, 5.41) is 0. The number of hydrogen-bond donors (Lipinski definition) is 0. The molecule has 0 aliphatic rings. The van der Waals surface area contributed by atoms with Crippen molar-refractivity contribution in [1.82, 2.24) is 0 Å². The van der Waals surface area contributed by atoms with Gasteiger partial charge in [-0.3, -0.25) is 0 Å². The molecule has 0 saturated carbocycles. The second kappa shape index (κ2) is 6.24. The van der Waals surface area contributed by atoms with E-state index in [1.807, 2.05) is 0 Å². The van der Waals surface area contributed by atoms with Gasteiger partial charge in [0.15, 0.2) is 0 Å². The van der Waals surface area contributed by atoms with Gasteiger partial charge in [-0.25, -0.2) is 4.39 Å². The molecule has 78 valence electrons. The maximum atomic E-state index is 12.9. The van der Waals surface area contributed by atoms with Gasteiger partial charge in [0.2, 0.25) is 0 Å². The average molecular weight is 246 g/mol. The Morgan fingerprint density at radius 2 is 1.87 bits per heavy atom. The van der Waals surface area contributed by atoms with Crippen molar-refractivity contribution in [3.05, 3.63) is 29.6 Å². The van der Waals surface area contributed by atoms with Crippen molar-refractivity contribution < 1.29 is 73.5 Å². The summed E-state index contributed by atoms with van der Waals surface area (Å²) in [5.74, 6) is -0.633. The van der Waals surface area contributed by atoms with Gasteiger partial charge in [0.1, 0.15) is 11.6 Å². The molecule has 0 radical (unpaired) electrons. The average Bonchev–Trinajstić information content (AvgIpc) is 2.06. The zero-order valence-corrected chi connectivity index (χ0v) is 11.6. The van der Waals surface area contributed by atoms with Crippen LogP contribution in [-0.4, -0.2) is 14.1 Å². The Labute approximate surface area is 128 Å². The van der Waals surface area contributed by atoms with Gasteiger partial charge in [0.05, 0.1) is 7.11 Å². The van der Waals surface area contributed by atoms with Crippen molar-refractivity contribution >= 4 is 6.98 Å². The molecule has 0 amide bonds. The summed E-state index contributed by atoms with van der Waals surface area (Å²) < 4.78 is 53.6. The molecule has 0 fully saturated rings. The molecule has 1 aromatic carbocycles. The Bertz CT molecular complexity index is 329. The Morgan fingerprint density at radius 1 is 1.27 bits per heavy atom. The summed E-state index contributed by atoms with van der Waals surface area (Å²) in [6.07, 6.45) is -1.22. The second-order valence-electron chi connectivity index (χ2n) is 2.87. The number of ether oxygens (including phenoxy) is 1.